The molecule has 1 aromatic carbocycles. The van der Waals surface area contributed by atoms with Crippen LogP contribution in [-0.2, 0) is 11.2 Å². The fourth-order valence-electron chi connectivity index (χ4n) is 1.31. The van der Waals surface area contributed by atoms with E-state index < -0.39 is 12.0 Å². The molecule has 0 radical (unpaired) electrons. The summed E-state index contributed by atoms with van der Waals surface area (Å²) in [5, 5.41) is 17.6. The summed E-state index contributed by atoms with van der Waals surface area (Å²) in [6.45, 7) is 0. The monoisotopic (exact) mass is 209 g/mol. The third kappa shape index (κ3) is 3.99. The molecule has 0 bridgehead atoms. The summed E-state index contributed by atoms with van der Waals surface area (Å²) < 4.78 is 0. The molecule has 1 rings (SSSR count). The molecular weight excluding hydrogens is 194 g/mol. The Morgan fingerprint density at radius 3 is 2.47 bits per heavy atom. The lowest BCUT2D eigenvalue weighted by molar-refractivity contribution is -0.138. The van der Waals surface area contributed by atoms with Gasteiger partial charge in [-0.05, 0) is 37.0 Å². The normalized spacial score (nSPS) is 12.3. The zero-order valence-electron chi connectivity index (χ0n) is 8.39. The molecule has 0 aromatic heterocycles. The number of aryl methyl sites for hydroxylation is 1. The highest BCUT2D eigenvalue weighted by Crippen LogP contribution is 2.12. The fourth-order valence-corrected chi connectivity index (χ4v) is 1.31. The average Bonchev–Trinajstić information content (AvgIpc) is 2.20. The van der Waals surface area contributed by atoms with Crippen LogP contribution in [-0.4, -0.2) is 22.2 Å². The van der Waals surface area contributed by atoms with Crippen molar-refractivity contribution in [2.75, 3.05) is 0 Å². The van der Waals surface area contributed by atoms with E-state index in [0.29, 0.717) is 6.42 Å². The van der Waals surface area contributed by atoms with Crippen molar-refractivity contribution in [1.82, 2.24) is 0 Å². The van der Waals surface area contributed by atoms with Crippen LogP contribution in [0.2, 0.25) is 0 Å². The first-order chi connectivity index (χ1) is 7.09. The number of hydrogen-bond donors (Lipinski definition) is 3. The van der Waals surface area contributed by atoms with Gasteiger partial charge in [-0.1, -0.05) is 12.1 Å². The van der Waals surface area contributed by atoms with E-state index in [9.17, 15) is 4.79 Å². The van der Waals surface area contributed by atoms with Gasteiger partial charge in [-0.3, -0.25) is 4.79 Å². The van der Waals surface area contributed by atoms with Crippen molar-refractivity contribution in [3.63, 3.8) is 0 Å². The van der Waals surface area contributed by atoms with Crippen molar-refractivity contribution in [3.05, 3.63) is 29.8 Å². The van der Waals surface area contributed by atoms with Crippen molar-refractivity contribution in [2.45, 2.75) is 25.3 Å². The molecule has 0 fully saturated rings. The molecule has 1 aromatic rings. The van der Waals surface area contributed by atoms with Crippen LogP contribution in [0.5, 0.6) is 5.75 Å². The number of nitrogens with two attached hydrogens (primary N) is 1. The van der Waals surface area contributed by atoms with Crippen molar-refractivity contribution in [2.24, 2.45) is 5.73 Å². The van der Waals surface area contributed by atoms with Gasteiger partial charge in [0.25, 0.3) is 0 Å². The Hall–Kier alpha value is -1.55. The van der Waals surface area contributed by atoms with Gasteiger partial charge in [0.05, 0.1) is 0 Å². The highest BCUT2D eigenvalue weighted by atomic mass is 16.4. The molecule has 0 saturated carbocycles. The molecular formula is C11H15NO3. The summed E-state index contributed by atoms with van der Waals surface area (Å²) >= 11 is 0. The van der Waals surface area contributed by atoms with Crippen LogP contribution in [0.1, 0.15) is 18.4 Å². The zero-order valence-corrected chi connectivity index (χ0v) is 8.39. The molecule has 15 heavy (non-hydrogen) atoms. The van der Waals surface area contributed by atoms with E-state index in [1.807, 2.05) is 12.1 Å². The molecule has 0 spiro atoms. The van der Waals surface area contributed by atoms with E-state index in [0.717, 1.165) is 18.4 Å². The van der Waals surface area contributed by atoms with Crippen LogP contribution in [0.3, 0.4) is 0 Å². The maximum absolute atomic E-state index is 10.4. The van der Waals surface area contributed by atoms with Crippen LogP contribution in [0.15, 0.2) is 24.3 Å². The van der Waals surface area contributed by atoms with E-state index in [1.165, 1.54) is 0 Å². The summed E-state index contributed by atoms with van der Waals surface area (Å²) in [6.07, 6.45) is 1.98. The lowest BCUT2D eigenvalue weighted by atomic mass is 10.1. The molecule has 4 nitrogen and oxygen atoms in total. The molecule has 0 aliphatic heterocycles. The molecule has 4 heteroatoms. The number of rotatable bonds is 5. The summed E-state index contributed by atoms with van der Waals surface area (Å²) in [6, 6.07) is 6.10. The van der Waals surface area contributed by atoms with Gasteiger partial charge >= 0.3 is 5.97 Å². The largest absolute Gasteiger partial charge is 0.508 e. The predicted octanol–water partition coefficient (Wildman–Crippen LogP) is 1.13. The topological polar surface area (TPSA) is 83.5 Å². The molecule has 0 heterocycles. The predicted molar refractivity (Wildman–Crippen MR) is 56.7 cm³/mol. The maximum Gasteiger partial charge on any atom is 0.320 e. The maximum atomic E-state index is 10.4. The zero-order chi connectivity index (χ0) is 11.3. The first kappa shape index (κ1) is 11.5. The lowest BCUT2D eigenvalue weighted by Gasteiger charge is -2.05. The van der Waals surface area contributed by atoms with Gasteiger partial charge in [-0.25, -0.2) is 0 Å². The number of hydrogen-bond acceptors (Lipinski definition) is 3. The Bertz CT molecular complexity index is 321. The van der Waals surface area contributed by atoms with E-state index in [4.69, 9.17) is 15.9 Å². The number of phenolic OH excluding ortho intramolecular Hbond substituents is 1. The van der Waals surface area contributed by atoms with Crippen LogP contribution in [0.4, 0.5) is 0 Å². The first-order valence-corrected chi connectivity index (χ1v) is 4.86. The van der Waals surface area contributed by atoms with Gasteiger partial charge < -0.3 is 15.9 Å². The smallest absolute Gasteiger partial charge is 0.320 e. The van der Waals surface area contributed by atoms with Gasteiger partial charge in [0.15, 0.2) is 0 Å². The summed E-state index contributed by atoms with van der Waals surface area (Å²) in [5.41, 5.74) is 6.44. The number of carbonyl (C=O) groups is 1. The van der Waals surface area contributed by atoms with E-state index in [1.54, 1.807) is 12.1 Å². The minimum atomic E-state index is -0.958. The second kappa shape index (κ2) is 5.36. The molecule has 0 aliphatic carbocycles. The van der Waals surface area contributed by atoms with Crippen molar-refractivity contribution in [3.8, 4) is 5.75 Å². The first-order valence-electron chi connectivity index (χ1n) is 4.86. The molecule has 82 valence electrons. The minimum Gasteiger partial charge on any atom is -0.508 e. The van der Waals surface area contributed by atoms with E-state index >= 15 is 0 Å². The molecule has 0 saturated heterocycles. The van der Waals surface area contributed by atoms with E-state index in [2.05, 4.69) is 0 Å². The third-order valence-corrected chi connectivity index (χ3v) is 2.23. The highest BCUT2D eigenvalue weighted by Gasteiger charge is 2.10. The molecule has 0 amide bonds. The Morgan fingerprint density at radius 2 is 1.93 bits per heavy atom. The molecule has 0 aliphatic rings. The molecule has 4 N–H and O–H groups in total. The van der Waals surface area contributed by atoms with Crippen molar-refractivity contribution in [1.29, 1.82) is 0 Å². The number of aromatic hydroxyl groups is 1. The number of phenols is 1. The van der Waals surface area contributed by atoms with Crippen molar-refractivity contribution < 1.29 is 15.0 Å². The van der Waals surface area contributed by atoms with Crippen LogP contribution in [0.25, 0.3) is 0 Å². The van der Waals surface area contributed by atoms with Crippen LogP contribution >= 0.6 is 0 Å². The van der Waals surface area contributed by atoms with Gasteiger partial charge in [0, 0.05) is 0 Å². The van der Waals surface area contributed by atoms with Gasteiger partial charge in [-0.2, -0.15) is 0 Å². The Morgan fingerprint density at radius 1 is 1.33 bits per heavy atom. The summed E-state index contributed by atoms with van der Waals surface area (Å²) in [4.78, 5) is 10.4. The third-order valence-electron chi connectivity index (χ3n) is 2.23. The summed E-state index contributed by atoms with van der Waals surface area (Å²) in [5.74, 6) is -0.721. The second-order valence-electron chi connectivity index (χ2n) is 3.50. The number of aliphatic carboxylic acids is 1. The minimum absolute atomic E-state index is 0.237. The highest BCUT2D eigenvalue weighted by molar-refractivity contribution is 5.72. The van der Waals surface area contributed by atoms with Gasteiger partial charge in [-0.15, -0.1) is 0 Å². The Labute approximate surface area is 88.3 Å². The fraction of sp³-hybridized carbons (Fsp3) is 0.364. The van der Waals surface area contributed by atoms with Gasteiger partial charge in [0.2, 0.25) is 0 Å². The molecule has 0 unspecified atom stereocenters. The summed E-state index contributed by atoms with van der Waals surface area (Å²) in [7, 11) is 0. The number of carboxylic acids is 1. The van der Waals surface area contributed by atoms with Gasteiger partial charge in [0.1, 0.15) is 11.8 Å². The quantitative estimate of drug-likeness (QED) is 0.678. The van der Waals surface area contributed by atoms with Crippen LogP contribution in [0, 0.1) is 0 Å². The average molecular weight is 209 g/mol. The Balaban J connectivity index is 2.32. The SMILES string of the molecule is N[C@@H](CCCc1ccc(O)cc1)C(=O)O. The van der Waals surface area contributed by atoms with Crippen molar-refractivity contribution >= 4 is 5.97 Å². The number of benzene rings is 1. The second-order valence-corrected chi connectivity index (χ2v) is 3.50. The number of carboxylic acid groups (broad SMARTS) is 1. The van der Waals surface area contributed by atoms with Crippen LogP contribution < -0.4 is 5.73 Å². The Kier molecular flexibility index (Phi) is 4.12. The van der Waals surface area contributed by atoms with E-state index in [-0.39, 0.29) is 5.75 Å². The molecule has 1 atom stereocenters. The lowest BCUT2D eigenvalue weighted by Crippen LogP contribution is -2.29. The standard InChI is InChI=1S/C11H15NO3/c12-10(11(14)15)3-1-2-8-4-6-9(13)7-5-8/h4-7,10,13H,1-3,12H2,(H,14,15)/t10-/m0/s1.